The molecule has 0 spiro atoms. The molecule has 0 aromatic carbocycles. The predicted molar refractivity (Wildman–Crippen MR) is 117 cm³/mol. The van der Waals surface area contributed by atoms with Gasteiger partial charge in [-0.15, -0.1) is 0 Å². The molecule has 0 aromatic heterocycles. The number of hydrogen-bond acceptors (Lipinski definition) is 0. The second kappa shape index (κ2) is 9.11. The van der Waals surface area contributed by atoms with Crippen molar-refractivity contribution in [1.29, 1.82) is 0 Å². The minimum absolute atomic E-state index is 0. The van der Waals surface area contributed by atoms with Crippen molar-refractivity contribution >= 4 is 0 Å². The zero-order chi connectivity index (χ0) is 18.0. The zero-order valence-electron chi connectivity index (χ0n) is 17.6. The highest BCUT2D eigenvalue weighted by Crippen LogP contribution is 2.64. The van der Waals surface area contributed by atoms with Crippen molar-refractivity contribution in [2.75, 3.05) is 0 Å². The van der Waals surface area contributed by atoms with Crippen molar-refractivity contribution in [3.05, 3.63) is 23.3 Å². The Morgan fingerprint density at radius 2 is 1.85 bits per heavy atom. The van der Waals surface area contributed by atoms with Crippen LogP contribution in [0.15, 0.2) is 23.3 Å². The molecule has 4 rings (SSSR count). The van der Waals surface area contributed by atoms with E-state index in [0.29, 0.717) is 5.41 Å². The lowest BCUT2D eigenvalue weighted by Gasteiger charge is -2.54. The van der Waals surface area contributed by atoms with E-state index in [1.165, 1.54) is 63.4 Å². The van der Waals surface area contributed by atoms with Gasteiger partial charge < -0.3 is 0 Å². The van der Waals surface area contributed by atoms with Gasteiger partial charge in [-0.2, -0.15) is 0 Å². The van der Waals surface area contributed by atoms with E-state index < -0.39 is 0 Å². The summed E-state index contributed by atoms with van der Waals surface area (Å²) in [5, 5.41) is 0. The van der Waals surface area contributed by atoms with Gasteiger partial charge in [0.2, 0.25) is 0 Å². The van der Waals surface area contributed by atoms with Gasteiger partial charge in [-0.3, -0.25) is 0 Å². The molecule has 0 heterocycles. The maximum atomic E-state index is 2.69. The monoisotopic (exact) mass is 358 g/mol. The Balaban J connectivity index is 0.000000784. The fraction of sp³-hybridized carbons (Fsp3) is 0.846. The third kappa shape index (κ3) is 3.72. The fourth-order valence-corrected chi connectivity index (χ4v) is 7.23. The maximum absolute atomic E-state index is 2.69. The first kappa shape index (κ1) is 21.8. The van der Waals surface area contributed by atoms with Crippen LogP contribution >= 0.6 is 0 Å². The first-order valence-corrected chi connectivity index (χ1v) is 11.5. The van der Waals surface area contributed by atoms with Crippen LogP contribution in [-0.4, -0.2) is 0 Å². The lowest BCUT2D eigenvalue weighted by atomic mass is 9.51. The Bertz CT molecular complexity index is 510. The smallest absolute Gasteiger partial charge is 0.0134 e. The average Bonchev–Trinajstić information content (AvgIpc) is 2.97. The number of fused-ring (bicyclic) bond motifs is 5. The number of hydrogen-bond donors (Lipinski definition) is 0. The van der Waals surface area contributed by atoms with E-state index in [-0.39, 0.29) is 7.43 Å². The van der Waals surface area contributed by atoms with E-state index in [2.05, 4.69) is 32.9 Å². The summed E-state index contributed by atoms with van der Waals surface area (Å²) in [5.74, 6) is 5.07. The fourth-order valence-electron chi connectivity index (χ4n) is 7.23. The number of allylic oxidation sites excluding steroid dienone is 4. The molecule has 4 aliphatic carbocycles. The molecule has 6 atom stereocenters. The van der Waals surface area contributed by atoms with Gasteiger partial charge in [-0.1, -0.05) is 71.3 Å². The Kier molecular flexibility index (Phi) is 7.63. The summed E-state index contributed by atoms with van der Waals surface area (Å²) in [6.07, 6.45) is 19.8. The van der Waals surface area contributed by atoms with Crippen molar-refractivity contribution < 1.29 is 0 Å². The highest BCUT2D eigenvalue weighted by atomic mass is 14.6. The van der Waals surface area contributed by atoms with Crippen LogP contribution in [0.2, 0.25) is 0 Å². The summed E-state index contributed by atoms with van der Waals surface area (Å²) in [5.41, 5.74) is 4.03. The molecular formula is C26H46. The molecule has 0 heteroatoms. The van der Waals surface area contributed by atoms with Crippen molar-refractivity contribution in [1.82, 2.24) is 0 Å². The topological polar surface area (TPSA) is 0 Å². The molecule has 5 unspecified atom stereocenters. The van der Waals surface area contributed by atoms with Crippen LogP contribution in [0, 0.1) is 35.0 Å². The van der Waals surface area contributed by atoms with Gasteiger partial charge in [0.05, 0.1) is 0 Å². The zero-order valence-corrected chi connectivity index (χ0v) is 17.6. The highest BCUT2D eigenvalue weighted by Gasteiger charge is 2.55. The molecule has 0 bridgehead atoms. The molecule has 3 fully saturated rings. The third-order valence-corrected chi connectivity index (χ3v) is 8.46. The highest BCUT2D eigenvalue weighted by molar-refractivity contribution is 5.31. The molecule has 0 amide bonds. The van der Waals surface area contributed by atoms with Gasteiger partial charge in [0.25, 0.3) is 0 Å². The molecule has 4 aliphatic rings. The van der Waals surface area contributed by atoms with E-state index in [1.807, 2.05) is 19.4 Å². The summed E-state index contributed by atoms with van der Waals surface area (Å²) >= 11 is 0. The Morgan fingerprint density at radius 3 is 2.58 bits per heavy atom. The van der Waals surface area contributed by atoms with Crippen LogP contribution in [0.3, 0.4) is 0 Å². The van der Waals surface area contributed by atoms with Gasteiger partial charge in [0.1, 0.15) is 0 Å². The van der Waals surface area contributed by atoms with E-state index >= 15 is 0 Å². The van der Waals surface area contributed by atoms with Gasteiger partial charge in [0.15, 0.2) is 0 Å². The Morgan fingerprint density at radius 1 is 1.08 bits per heavy atom. The summed E-state index contributed by atoms with van der Waals surface area (Å²) in [7, 11) is 0. The van der Waals surface area contributed by atoms with Crippen LogP contribution in [0.1, 0.15) is 106 Å². The largest absolute Gasteiger partial charge is 0.0810 e. The van der Waals surface area contributed by atoms with E-state index in [1.54, 1.807) is 6.42 Å². The molecule has 0 aliphatic heterocycles. The average molecular weight is 359 g/mol. The van der Waals surface area contributed by atoms with Crippen molar-refractivity contribution in [2.45, 2.75) is 106 Å². The van der Waals surface area contributed by atoms with Gasteiger partial charge in [-0.25, -0.2) is 0 Å². The molecule has 3 saturated carbocycles. The summed E-state index contributed by atoms with van der Waals surface area (Å²) in [6.45, 7) is 11.3. The van der Waals surface area contributed by atoms with Gasteiger partial charge in [-0.05, 0) is 93.3 Å². The quantitative estimate of drug-likeness (QED) is 0.474. The van der Waals surface area contributed by atoms with Crippen molar-refractivity contribution in [3.8, 4) is 0 Å². The first-order valence-electron chi connectivity index (χ1n) is 11.5. The lowest BCUT2D eigenvalue weighted by molar-refractivity contribution is -0.0206. The number of unbranched alkanes of at least 4 members (excludes halogenated alkanes) is 1. The predicted octanol–water partition coefficient (Wildman–Crippen LogP) is 8.58. The maximum Gasteiger partial charge on any atom is -0.0134 e. The number of rotatable bonds is 3. The normalized spacial score (nSPS) is 40.6. The van der Waals surface area contributed by atoms with Crippen molar-refractivity contribution in [3.63, 3.8) is 0 Å². The van der Waals surface area contributed by atoms with E-state index in [4.69, 9.17) is 0 Å². The van der Waals surface area contributed by atoms with E-state index in [9.17, 15) is 0 Å². The second-order valence-electron chi connectivity index (χ2n) is 9.44. The van der Waals surface area contributed by atoms with Gasteiger partial charge >= 0.3 is 0 Å². The minimum atomic E-state index is 0. The molecule has 150 valence electrons. The first-order chi connectivity index (χ1) is 12.1. The van der Waals surface area contributed by atoms with Crippen LogP contribution < -0.4 is 0 Å². The summed E-state index contributed by atoms with van der Waals surface area (Å²) in [4.78, 5) is 0. The van der Waals surface area contributed by atoms with Crippen LogP contribution in [0.25, 0.3) is 0 Å². The SMILES string of the molecule is C.CC.CCCC[C@H]1CCC2C3CCC4=CC(C)=CCC4C3CCC21C. The minimum Gasteiger partial charge on any atom is -0.0810 e. The Hall–Kier alpha value is -0.520. The molecule has 0 radical (unpaired) electrons. The molecule has 0 aromatic rings. The third-order valence-electron chi connectivity index (χ3n) is 8.46. The van der Waals surface area contributed by atoms with Gasteiger partial charge in [0, 0.05) is 0 Å². The molecule has 26 heavy (non-hydrogen) atoms. The van der Waals surface area contributed by atoms with E-state index in [0.717, 1.165) is 29.6 Å². The van der Waals surface area contributed by atoms with Crippen LogP contribution in [0.4, 0.5) is 0 Å². The lowest BCUT2D eigenvalue weighted by Crippen LogP contribution is -2.46. The van der Waals surface area contributed by atoms with Crippen molar-refractivity contribution in [2.24, 2.45) is 35.0 Å². The molecular weight excluding hydrogens is 312 g/mol. The molecule has 0 nitrogen and oxygen atoms in total. The Labute approximate surface area is 164 Å². The molecule has 0 N–H and O–H groups in total. The summed E-state index contributed by atoms with van der Waals surface area (Å²) < 4.78 is 0. The standard InChI is InChI=1S/C23H36.C2H6.CH4/c1-4-5-6-18-9-12-22-21-11-8-17-15-16(2)7-10-19(17)20(21)13-14-23(18,22)3;1-2;/h7,15,18-22H,4-6,8-14H2,1-3H3;1-2H3;1H4/t18-,19?,20?,21?,22?,23?;;/m0../s1. The van der Waals surface area contributed by atoms with Crippen LogP contribution in [-0.2, 0) is 0 Å². The van der Waals surface area contributed by atoms with Crippen LogP contribution in [0.5, 0.6) is 0 Å². The second-order valence-corrected chi connectivity index (χ2v) is 9.44. The molecule has 0 saturated heterocycles. The summed E-state index contributed by atoms with van der Waals surface area (Å²) in [6, 6.07) is 0.